The van der Waals surface area contributed by atoms with E-state index in [2.05, 4.69) is 10.3 Å². The van der Waals surface area contributed by atoms with E-state index in [4.69, 9.17) is 11.0 Å². The van der Waals surface area contributed by atoms with Crippen LogP contribution in [0.2, 0.25) is 0 Å². The monoisotopic (exact) mass is 238 g/mol. The van der Waals surface area contributed by atoms with Crippen LogP contribution < -0.4 is 11.1 Å². The van der Waals surface area contributed by atoms with Gasteiger partial charge in [0.1, 0.15) is 5.82 Å². The smallest absolute Gasteiger partial charge is 0.255 e. The molecule has 0 aliphatic rings. The van der Waals surface area contributed by atoms with E-state index in [1.807, 2.05) is 6.07 Å². The van der Waals surface area contributed by atoms with Gasteiger partial charge in [-0.1, -0.05) is 6.07 Å². The molecule has 1 amide bonds. The number of carbonyl (C=O) groups is 1. The third-order valence-electron chi connectivity index (χ3n) is 2.29. The van der Waals surface area contributed by atoms with E-state index < -0.39 is 0 Å². The van der Waals surface area contributed by atoms with E-state index in [1.165, 1.54) is 12.3 Å². The Morgan fingerprint density at radius 2 is 2.17 bits per heavy atom. The number of nitrogens with zero attached hydrogens (tertiary/aromatic N) is 2. The van der Waals surface area contributed by atoms with Crippen molar-refractivity contribution in [2.75, 3.05) is 11.1 Å². The number of amides is 1. The SMILES string of the molecule is N#Cc1cccc(NC(=O)c2ccnc(N)c2)c1. The zero-order valence-electron chi connectivity index (χ0n) is 9.42. The lowest BCUT2D eigenvalue weighted by Gasteiger charge is -2.05. The van der Waals surface area contributed by atoms with Gasteiger partial charge in [-0.05, 0) is 30.3 Å². The number of carbonyl (C=O) groups excluding carboxylic acids is 1. The van der Waals surface area contributed by atoms with Gasteiger partial charge in [-0.25, -0.2) is 4.98 Å². The second kappa shape index (κ2) is 4.97. The van der Waals surface area contributed by atoms with E-state index in [0.717, 1.165) is 0 Å². The summed E-state index contributed by atoms with van der Waals surface area (Å²) in [5.74, 6) is -0.00684. The second-order valence-electron chi connectivity index (χ2n) is 3.62. The molecule has 0 spiro atoms. The lowest BCUT2D eigenvalue weighted by Crippen LogP contribution is -2.12. The fourth-order valence-corrected chi connectivity index (χ4v) is 1.46. The largest absolute Gasteiger partial charge is 0.384 e. The van der Waals surface area contributed by atoms with Crippen molar-refractivity contribution in [3.63, 3.8) is 0 Å². The third-order valence-corrected chi connectivity index (χ3v) is 2.29. The Hall–Kier alpha value is -2.87. The molecule has 0 radical (unpaired) electrons. The van der Waals surface area contributed by atoms with Crippen LogP contribution in [-0.2, 0) is 0 Å². The number of nitrogens with one attached hydrogen (secondary N) is 1. The summed E-state index contributed by atoms with van der Waals surface area (Å²) < 4.78 is 0. The zero-order chi connectivity index (χ0) is 13.0. The summed E-state index contributed by atoms with van der Waals surface area (Å²) in [7, 11) is 0. The summed E-state index contributed by atoms with van der Waals surface area (Å²) >= 11 is 0. The van der Waals surface area contributed by atoms with Crippen LogP contribution in [0.3, 0.4) is 0 Å². The second-order valence-corrected chi connectivity index (χ2v) is 3.62. The van der Waals surface area contributed by atoms with Crippen molar-refractivity contribution in [3.8, 4) is 6.07 Å². The van der Waals surface area contributed by atoms with Gasteiger partial charge >= 0.3 is 0 Å². The molecule has 0 fully saturated rings. The molecule has 0 atom stereocenters. The number of pyridine rings is 1. The van der Waals surface area contributed by atoms with Crippen molar-refractivity contribution >= 4 is 17.4 Å². The van der Waals surface area contributed by atoms with E-state index in [9.17, 15) is 4.79 Å². The zero-order valence-corrected chi connectivity index (χ0v) is 9.42. The van der Waals surface area contributed by atoms with Crippen LogP contribution in [0.5, 0.6) is 0 Å². The normalized spacial score (nSPS) is 9.50. The number of nitrogens with two attached hydrogens (primary N) is 1. The molecule has 1 heterocycles. The number of hydrogen-bond donors (Lipinski definition) is 2. The molecule has 0 saturated heterocycles. The maximum atomic E-state index is 11.9. The molecular formula is C13H10N4O. The molecule has 3 N–H and O–H groups in total. The summed E-state index contributed by atoms with van der Waals surface area (Å²) in [4.78, 5) is 15.7. The number of nitrogen functional groups attached to an aromatic ring is 1. The number of benzene rings is 1. The summed E-state index contributed by atoms with van der Waals surface area (Å²) in [6.07, 6.45) is 1.47. The predicted molar refractivity (Wildman–Crippen MR) is 67.8 cm³/mol. The standard InChI is InChI=1S/C13H10N4O/c14-8-9-2-1-3-11(6-9)17-13(18)10-4-5-16-12(15)7-10/h1-7H,(H2,15,16)(H,17,18). The molecule has 5 nitrogen and oxygen atoms in total. The van der Waals surface area contributed by atoms with Crippen LogP contribution in [0.25, 0.3) is 0 Å². The summed E-state index contributed by atoms with van der Waals surface area (Å²) in [5, 5.41) is 11.4. The van der Waals surface area contributed by atoms with E-state index in [1.54, 1.807) is 30.3 Å². The number of anilines is 2. The van der Waals surface area contributed by atoms with E-state index in [0.29, 0.717) is 16.8 Å². The van der Waals surface area contributed by atoms with Crippen LogP contribution in [0.15, 0.2) is 42.6 Å². The summed E-state index contributed by atoms with van der Waals surface area (Å²) in [6.45, 7) is 0. The Kier molecular flexibility index (Phi) is 3.21. The topological polar surface area (TPSA) is 91.8 Å². The number of rotatable bonds is 2. The molecule has 2 rings (SSSR count). The third kappa shape index (κ3) is 2.62. The molecule has 5 heteroatoms. The van der Waals surface area contributed by atoms with Crippen molar-refractivity contribution in [2.45, 2.75) is 0 Å². The van der Waals surface area contributed by atoms with Gasteiger partial charge < -0.3 is 11.1 Å². The van der Waals surface area contributed by atoms with Gasteiger partial charge in [0, 0.05) is 17.4 Å². The van der Waals surface area contributed by atoms with Gasteiger partial charge in [0.15, 0.2) is 0 Å². The molecule has 0 aliphatic heterocycles. The maximum Gasteiger partial charge on any atom is 0.255 e. The fraction of sp³-hybridized carbons (Fsp3) is 0. The first kappa shape index (κ1) is 11.6. The lowest BCUT2D eigenvalue weighted by molar-refractivity contribution is 0.102. The first-order valence-electron chi connectivity index (χ1n) is 5.22. The van der Waals surface area contributed by atoms with Crippen molar-refractivity contribution in [1.29, 1.82) is 5.26 Å². The summed E-state index contributed by atoms with van der Waals surface area (Å²) in [5.41, 5.74) is 6.97. The number of nitriles is 1. The number of aromatic nitrogens is 1. The van der Waals surface area contributed by atoms with Crippen LogP contribution in [0.4, 0.5) is 11.5 Å². The average Bonchev–Trinajstić information content (AvgIpc) is 2.39. The molecule has 1 aromatic carbocycles. The Morgan fingerprint density at radius 3 is 2.89 bits per heavy atom. The van der Waals surface area contributed by atoms with Crippen LogP contribution >= 0.6 is 0 Å². The molecule has 1 aromatic heterocycles. The first-order chi connectivity index (χ1) is 8.69. The van der Waals surface area contributed by atoms with Crippen molar-refractivity contribution < 1.29 is 4.79 Å². The van der Waals surface area contributed by atoms with Crippen molar-refractivity contribution in [3.05, 3.63) is 53.7 Å². The highest BCUT2D eigenvalue weighted by molar-refractivity contribution is 6.04. The molecular weight excluding hydrogens is 228 g/mol. The molecule has 0 aliphatic carbocycles. The Labute approximate surface area is 104 Å². The van der Waals surface area contributed by atoms with Crippen molar-refractivity contribution in [1.82, 2.24) is 4.98 Å². The highest BCUT2D eigenvalue weighted by Crippen LogP contribution is 2.12. The maximum absolute atomic E-state index is 11.9. The molecule has 0 bridgehead atoms. The quantitative estimate of drug-likeness (QED) is 0.834. The molecule has 0 unspecified atom stereocenters. The van der Waals surface area contributed by atoms with Gasteiger partial charge in [-0.15, -0.1) is 0 Å². The van der Waals surface area contributed by atoms with Gasteiger partial charge in [0.2, 0.25) is 0 Å². The van der Waals surface area contributed by atoms with Crippen LogP contribution in [0, 0.1) is 11.3 Å². The summed E-state index contributed by atoms with van der Waals surface area (Å²) in [6, 6.07) is 11.7. The highest BCUT2D eigenvalue weighted by Gasteiger charge is 2.06. The Morgan fingerprint density at radius 1 is 1.33 bits per heavy atom. The fourth-order valence-electron chi connectivity index (χ4n) is 1.46. The lowest BCUT2D eigenvalue weighted by atomic mass is 10.2. The molecule has 0 saturated carbocycles. The first-order valence-corrected chi connectivity index (χ1v) is 5.22. The van der Waals surface area contributed by atoms with Crippen LogP contribution in [0.1, 0.15) is 15.9 Å². The molecule has 88 valence electrons. The minimum atomic E-state index is -0.292. The minimum Gasteiger partial charge on any atom is -0.384 e. The van der Waals surface area contributed by atoms with Crippen molar-refractivity contribution in [2.24, 2.45) is 0 Å². The van der Waals surface area contributed by atoms with E-state index >= 15 is 0 Å². The molecule has 18 heavy (non-hydrogen) atoms. The number of hydrogen-bond acceptors (Lipinski definition) is 4. The van der Waals surface area contributed by atoms with Gasteiger partial charge in [0.25, 0.3) is 5.91 Å². The van der Waals surface area contributed by atoms with E-state index in [-0.39, 0.29) is 11.7 Å². The average molecular weight is 238 g/mol. The van der Waals surface area contributed by atoms with Gasteiger partial charge in [0.05, 0.1) is 11.6 Å². The Balaban J connectivity index is 2.19. The van der Waals surface area contributed by atoms with Gasteiger partial charge in [-0.2, -0.15) is 5.26 Å². The van der Waals surface area contributed by atoms with Gasteiger partial charge in [-0.3, -0.25) is 4.79 Å². The molecule has 2 aromatic rings. The highest BCUT2D eigenvalue weighted by atomic mass is 16.1. The predicted octanol–water partition coefficient (Wildman–Crippen LogP) is 1.79. The minimum absolute atomic E-state index is 0.286. The Bertz CT molecular complexity index is 631. The van der Waals surface area contributed by atoms with Crippen LogP contribution in [-0.4, -0.2) is 10.9 Å².